The first-order chi connectivity index (χ1) is 11.6. The van der Waals surface area contributed by atoms with E-state index in [-0.39, 0.29) is 33.2 Å². The van der Waals surface area contributed by atoms with Crippen LogP contribution < -0.4 is 0 Å². The lowest BCUT2D eigenvalue weighted by atomic mass is 9.91. The number of aliphatic hydroxyl groups excluding tert-OH is 1. The molecule has 0 aliphatic heterocycles. The van der Waals surface area contributed by atoms with Crippen molar-refractivity contribution in [1.29, 1.82) is 5.26 Å². The van der Waals surface area contributed by atoms with Crippen molar-refractivity contribution in [2.45, 2.75) is 29.8 Å². The van der Waals surface area contributed by atoms with Gasteiger partial charge in [0.1, 0.15) is 12.2 Å². The lowest BCUT2D eigenvalue weighted by Crippen LogP contribution is -2.32. The number of aliphatic hydroxyl groups is 1. The molecule has 0 amide bonds. The zero-order chi connectivity index (χ0) is 18.6. The molecule has 1 aromatic carbocycles. The van der Waals surface area contributed by atoms with Gasteiger partial charge in [-0.2, -0.15) is 5.26 Å². The summed E-state index contributed by atoms with van der Waals surface area (Å²) in [7, 11) is -3.84. The van der Waals surface area contributed by atoms with Gasteiger partial charge in [-0.25, -0.2) is 17.2 Å². The fourth-order valence-corrected chi connectivity index (χ4v) is 4.08. The molecule has 5 nitrogen and oxygen atoms in total. The fraction of sp³-hybridized carbons (Fsp3) is 0.312. The van der Waals surface area contributed by atoms with Crippen molar-refractivity contribution in [3.63, 3.8) is 0 Å². The highest BCUT2D eigenvalue weighted by molar-refractivity contribution is 7.90. The van der Waals surface area contributed by atoms with Crippen LogP contribution in [0.3, 0.4) is 0 Å². The third-order valence-electron chi connectivity index (χ3n) is 4.23. The SMILES string of the molecule is CS(=O)(=O)c1cn(-c2ccc(Cl)c(C#N)c2)c2c1[C@H](O)C(F)(F)CC2. The summed E-state index contributed by atoms with van der Waals surface area (Å²) in [4.78, 5) is -0.345. The quantitative estimate of drug-likeness (QED) is 0.860. The van der Waals surface area contributed by atoms with Gasteiger partial charge in [-0.05, 0) is 24.6 Å². The number of hydrogen-bond donors (Lipinski definition) is 1. The van der Waals surface area contributed by atoms with Crippen LogP contribution in [0.2, 0.25) is 5.02 Å². The number of fused-ring (bicyclic) bond motifs is 1. The van der Waals surface area contributed by atoms with E-state index in [1.54, 1.807) is 6.07 Å². The van der Waals surface area contributed by atoms with Gasteiger partial charge in [0.05, 0.1) is 15.5 Å². The van der Waals surface area contributed by atoms with Crippen molar-refractivity contribution in [2.75, 3.05) is 6.26 Å². The molecule has 132 valence electrons. The third-order valence-corrected chi connectivity index (χ3v) is 5.68. The Labute approximate surface area is 148 Å². The average molecular weight is 387 g/mol. The number of hydrogen-bond acceptors (Lipinski definition) is 4. The second kappa shape index (κ2) is 5.80. The molecule has 0 unspecified atom stereocenters. The molecule has 1 aliphatic rings. The molecule has 3 rings (SSSR count). The molecule has 0 bridgehead atoms. The Bertz CT molecular complexity index is 1010. The normalized spacial score (nSPS) is 19.3. The third kappa shape index (κ3) is 2.92. The van der Waals surface area contributed by atoms with Crippen LogP contribution >= 0.6 is 11.6 Å². The molecule has 0 saturated carbocycles. The minimum Gasteiger partial charge on any atom is -0.382 e. The Morgan fingerprint density at radius 1 is 1.44 bits per heavy atom. The van der Waals surface area contributed by atoms with E-state index in [2.05, 4.69) is 0 Å². The molecule has 1 aromatic heterocycles. The summed E-state index contributed by atoms with van der Waals surface area (Å²) in [5, 5.41) is 19.4. The van der Waals surface area contributed by atoms with Gasteiger partial charge in [0.25, 0.3) is 5.92 Å². The Balaban J connectivity index is 2.30. The first kappa shape index (κ1) is 17.9. The van der Waals surface area contributed by atoms with Crippen molar-refractivity contribution < 1.29 is 22.3 Å². The Hall–Kier alpha value is -1.95. The number of rotatable bonds is 2. The Kier molecular flexibility index (Phi) is 4.14. The number of sulfone groups is 1. The second-order valence-electron chi connectivity index (χ2n) is 5.94. The van der Waals surface area contributed by atoms with Gasteiger partial charge in [-0.3, -0.25) is 0 Å². The lowest BCUT2D eigenvalue weighted by molar-refractivity contribution is -0.123. The topological polar surface area (TPSA) is 83.1 Å². The second-order valence-corrected chi connectivity index (χ2v) is 8.33. The van der Waals surface area contributed by atoms with Gasteiger partial charge in [0, 0.05) is 35.8 Å². The zero-order valence-corrected chi connectivity index (χ0v) is 14.6. The first-order valence-corrected chi connectivity index (χ1v) is 9.53. The van der Waals surface area contributed by atoms with Gasteiger partial charge < -0.3 is 9.67 Å². The number of benzene rings is 1. The first-order valence-electron chi connectivity index (χ1n) is 7.26. The number of aromatic nitrogens is 1. The summed E-state index contributed by atoms with van der Waals surface area (Å²) < 4.78 is 53.3. The predicted molar refractivity (Wildman–Crippen MR) is 86.8 cm³/mol. The standard InChI is InChI=1S/C16H13ClF2N2O3S/c1-25(23,24)13-8-21(10-2-3-11(17)9(6-10)7-20)12-4-5-16(18,19)15(22)14(12)13/h2-3,6,8,15,22H,4-5H2,1H3/t15-/m0/s1. The van der Waals surface area contributed by atoms with Crippen LogP contribution in [0.4, 0.5) is 8.78 Å². The largest absolute Gasteiger partial charge is 0.382 e. The summed E-state index contributed by atoms with van der Waals surface area (Å²) in [6, 6.07) is 6.37. The van der Waals surface area contributed by atoms with E-state index in [9.17, 15) is 22.3 Å². The Morgan fingerprint density at radius 3 is 2.72 bits per heavy atom. The van der Waals surface area contributed by atoms with Crippen LogP contribution in [0.1, 0.15) is 29.3 Å². The van der Waals surface area contributed by atoms with E-state index in [0.717, 1.165) is 6.26 Å². The summed E-state index contributed by atoms with van der Waals surface area (Å²) in [6.07, 6.45) is -0.818. The number of nitriles is 1. The molecule has 1 atom stereocenters. The number of nitrogens with zero attached hydrogens (tertiary/aromatic N) is 2. The van der Waals surface area contributed by atoms with Crippen molar-refractivity contribution in [3.8, 4) is 11.8 Å². The summed E-state index contributed by atoms with van der Waals surface area (Å²) in [6.45, 7) is 0. The molecule has 2 aromatic rings. The molecule has 0 saturated heterocycles. The average Bonchev–Trinajstić information content (AvgIpc) is 2.92. The minimum atomic E-state index is -3.84. The van der Waals surface area contributed by atoms with Crippen molar-refractivity contribution in [2.24, 2.45) is 0 Å². The number of halogens is 3. The van der Waals surface area contributed by atoms with Crippen LogP contribution in [0.25, 0.3) is 5.69 Å². The lowest BCUT2D eigenvalue weighted by Gasteiger charge is -2.29. The van der Waals surface area contributed by atoms with E-state index in [4.69, 9.17) is 16.9 Å². The van der Waals surface area contributed by atoms with Crippen LogP contribution in [0.5, 0.6) is 0 Å². The maximum absolute atomic E-state index is 13.9. The molecular formula is C16H13ClF2N2O3S. The van der Waals surface area contributed by atoms with Crippen LogP contribution in [-0.4, -0.2) is 30.3 Å². The highest BCUT2D eigenvalue weighted by atomic mass is 35.5. The summed E-state index contributed by atoms with van der Waals surface area (Å²) in [5.41, 5.74) is 0.575. The Morgan fingerprint density at radius 2 is 2.12 bits per heavy atom. The van der Waals surface area contributed by atoms with E-state index in [0.29, 0.717) is 5.69 Å². The van der Waals surface area contributed by atoms with E-state index < -0.39 is 28.3 Å². The monoisotopic (exact) mass is 386 g/mol. The van der Waals surface area contributed by atoms with Crippen molar-refractivity contribution in [3.05, 3.63) is 46.2 Å². The molecule has 0 radical (unpaired) electrons. The zero-order valence-electron chi connectivity index (χ0n) is 13.0. The highest BCUT2D eigenvalue weighted by Crippen LogP contribution is 2.45. The molecule has 0 spiro atoms. The van der Waals surface area contributed by atoms with Gasteiger partial charge in [0.15, 0.2) is 9.84 Å². The molecule has 0 fully saturated rings. The molecule has 25 heavy (non-hydrogen) atoms. The predicted octanol–water partition coefficient (Wildman–Crippen LogP) is 3.02. The van der Waals surface area contributed by atoms with Crippen LogP contribution in [0.15, 0.2) is 29.3 Å². The van der Waals surface area contributed by atoms with E-state index in [1.165, 1.54) is 22.9 Å². The molecule has 9 heteroatoms. The van der Waals surface area contributed by atoms with Gasteiger partial charge in [0.2, 0.25) is 0 Å². The van der Waals surface area contributed by atoms with E-state index in [1.807, 2.05) is 6.07 Å². The minimum absolute atomic E-state index is 0.112. The maximum atomic E-state index is 13.9. The van der Waals surface area contributed by atoms with Gasteiger partial charge in [-0.1, -0.05) is 11.6 Å². The molecular weight excluding hydrogens is 374 g/mol. The molecule has 1 N–H and O–H groups in total. The van der Waals surface area contributed by atoms with Crippen molar-refractivity contribution in [1.82, 2.24) is 4.57 Å². The highest BCUT2D eigenvalue weighted by Gasteiger charge is 2.47. The summed E-state index contributed by atoms with van der Waals surface area (Å²) >= 11 is 5.90. The molecule has 1 heterocycles. The van der Waals surface area contributed by atoms with Gasteiger partial charge in [-0.15, -0.1) is 0 Å². The number of alkyl halides is 2. The fourth-order valence-electron chi connectivity index (χ4n) is 2.99. The smallest absolute Gasteiger partial charge is 0.278 e. The van der Waals surface area contributed by atoms with Gasteiger partial charge >= 0.3 is 0 Å². The summed E-state index contributed by atoms with van der Waals surface area (Å²) in [5.74, 6) is -3.41. The molecule has 1 aliphatic carbocycles. The van der Waals surface area contributed by atoms with Crippen LogP contribution in [0, 0.1) is 11.3 Å². The van der Waals surface area contributed by atoms with E-state index >= 15 is 0 Å². The van der Waals surface area contributed by atoms with Crippen molar-refractivity contribution >= 4 is 21.4 Å². The maximum Gasteiger partial charge on any atom is 0.278 e. The van der Waals surface area contributed by atoms with Crippen LogP contribution in [-0.2, 0) is 16.3 Å².